The molecule has 0 atom stereocenters. The molecule has 1 aromatic heterocycles. The first-order valence-corrected chi connectivity index (χ1v) is 9.85. The summed E-state index contributed by atoms with van der Waals surface area (Å²) in [6.45, 7) is 1.37. The molecule has 0 saturated carbocycles. The minimum atomic E-state index is -4.66. The molecule has 0 fully saturated rings. The van der Waals surface area contributed by atoms with Crippen molar-refractivity contribution in [1.82, 2.24) is 15.0 Å². The molecule has 3 rings (SSSR count). The van der Waals surface area contributed by atoms with Gasteiger partial charge in [0.25, 0.3) is 5.91 Å². The summed E-state index contributed by atoms with van der Waals surface area (Å²) in [5.74, 6) is 0.131. The van der Waals surface area contributed by atoms with Crippen molar-refractivity contribution in [2.24, 2.45) is 0 Å². The third-order valence-corrected chi connectivity index (χ3v) is 4.65. The second-order valence-electron chi connectivity index (χ2n) is 6.94. The van der Waals surface area contributed by atoms with Crippen LogP contribution in [0.2, 0.25) is 5.02 Å². The van der Waals surface area contributed by atoms with Crippen LogP contribution in [0.4, 0.5) is 18.9 Å². The van der Waals surface area contributed by atoms with Crippen LogP contribution in [0.15, 0.2) is 47.0 Å². The molecule has 2 aromatic carbocycles. The first-order chi connectivity index (χ1) is 15.5. The number of rotatable bonds is 7. The topological polar surface area (TPSA) is 97.6 Å². The number of likely N-dealkylation sites (N-methyl/N-ethyl adjacent to an activating group) is 1. The van der Waals surface area contributed by atoms with Crippen molar-refractivity contribution in [1.29, 1.82) is 0 Å². The number of carbonyl (C=O) groups excluding carboxylic acids is 2. The molecule has 0 radical (unpaired) electrons. The van der Waals surface area contributed by atoms with Crippen LogP contribution in [0.25, 0.3) is 0 Å². The Labute approximate surface area is 191 Å². The summed E-state index contributed by atoms with van der Waals surface area (Å²) in [6.07, 6.45) is -4.66. The number of benzene rings is 2. The zero-order chi connectivity index (χ0) is 24.2. The Balaban J connectivity index is 1.56. The molecular formula is C21H18ClF3N4O4. The highest BCUT2D eigenvalue weighted by atomic mass is 35.5. The van der Waals surface area contributed by atoms with E-state index in [1.54, 1.807) is 19.1 Å². The maximum absolute atomic E-state index is 13.0. The van der Waals surface area contributed by atoms with E-state index in [-0.39, 0.29) is 18.8 Å². The van der Waals surface area contributed by atoms with Gasteiger partial charge in [0, 0.05) is 25.2 Å². The molecule has 1 N–H and O–H groups in total. The number of alkyl halides is 3. The van der Waals surface area contributed by atoms with Gasteiger partial charge in [0.1, 0.15) is 5.75 Å². The van der Waals surface area contributed by atoms with Crippen LogP contribution in [0, 0.1) is 6.92 Å². The summed E-state index contributed by atoms with van der Waals surface area (Å²) in [5, 5.41) is 5.56. The largest absolute Gasteiger partial charge is 0.485 e. The van der Waals surface area contributed by atoms with Gasteiger partial charge in [-0.15, -0.1) is 0 Å². The summed E-state index contributed by atoms with van der Waals surface area (Å²) in [6, 6.07) is 9.19. The number of aryl methyl sites for hydroxylation is 1. The highest BCUT2D eigenvalue weighted by Gasteiger charge is 2.33. The summed E-state index contributed by atoms with van der Waals surface area (Å²) in [7, 11) is 1.40. The van der Waals surface area contributed by atoms with Crippen LogP contribution in [0.3, 0.4) is 0 Å². The Bertz CT molecular complexity index is 1150. The zero-order valence-corrected chi connectivity index (χ0v) is 18.2. The lowest BCUT2D eigenvalue weighted by Gasteiger charge is -2.17. The lowest BCUT2D eigenvalue weighted by atomic mass is 10.2. The van der Waals surface area contributed by atoms with Gasteiger partial charge in [0.05, 0.1) is 17.1 Å². The van der Waals surface area contributed by atoms with Crippen molar-refractivity contribution < 1.29 is 32.0 Å². The summed E-state index contributed by atoms with van der Waals surface area (Å²) >= 11 is 5.57. The highest BCUT2D eigenvalue weighted by Crippen LogP contribution is 2.36. The van der Waals surface area contributed by atoms with E-state index in [0.29, 0.717) is 23.0 Å². The van der Waals surface area contributed by atoms with Crippen molar-refractivity contribution in [3.05, 3.63) is 70.3 Å². The van der Waals surface area contributed by atoms with Crippen LogP contribution < -0.4 is 10.1 Å². The van der Waals surface area contributed by atoms with Crippen molar-refractivity contribution in [3.8, 4) is 5.75 Å². The highest BCUT2D eigenvalue weighted by molar-refractivity contribution is 6.31. The first kappa shape index (κ1) is 24.1. The Morgan fingerprint density at radius 2 is 1.88 bits per heavy atom. The number of aromatic nitrogens is 2. The monoisotopic (exact) mass is 482 g/mol. The summed E-state index contributed by atoms with van der Waals surface area (Å²) < 4.78 is 49.2. The lowest BCUT2D eigenvalue weighted by Crippen LogP contribution is -2.34. The van der Waals surface area contributed by atoms with Gasteiger partial charge in [0.15, 0.2) is 6.61 Å². The fraction of sp³-hybridized carbons (Fsp3) is 0.238. The summed E-state index contributed by atoms with van der Waals surface area (Å²) in [4.78, 5) is 29.9. The number of amides is 2. The molecule has 12 heteroatoms. The molecule has 0 saturated heterocycles. The van der Waals surface area contributed by atoms with Gasteiger partial charge in [-0.05, 0) is 42.5 Å². The van der Waals surface area contributed by atoms with Crippen LogP contribution in [-0.4, -0.2) is 40.4 Å². The van der Waals surface area contributed by atoms with Crippen molar-refractivity contribution in [2.75, 3.05) is 18.9 Å². The second kappa shape index (κ2) is 9.90. The SMILES string of the molecule is Cc1nc(COc2ccc(C(=O)N(C)CC(=O)Nc3ccc(Cl)c(C(F)(F)F)c3)cc2)no1. The van der Waals surface area contributed by atoms with E-state index in [9.17, 15) is 22.8 Å². The number of nitrogens with zero attached hydrogens (tertiary/aromatic N) is 3. The molecular weight excluding hydrogens is 465 g/mol. The van der Waals surface area contributed by atoms with Gasteiger partial charge in [-0.25, -0.2) is 0 Å². The fourth-order valence-electron chi connectivity index (χ4n) is 2.77. The van der Waals surface area contributed by atoms with Crippen LogP contribution >= 0.6 is 11.6 Å². The van der Waals surface area contributed by atoms with E-state index >= 15 is 0 Å². The zero-order valence-electron chi connectivity index (χ0n) is 17.4. The molecule has 33 heavy (non-hydrogen) atoms. The average Bonchev–Trinajstić information content (AvgIpc) is 3.17. The van der Waals surface area contributed by atoms with Gasteiger partial charge < -0.3 is 19.5 Å². The third kappa shape index (κ3) is 6.45. The van der Waals surface area contributed by atoms with E-state index in [2.05, 4.69) is 15.5 Å². The Kier molecular flexibility index (Phi) is 7.22. The normalized spacial score (nSPS) is 11.2. The Hall–Kier alpha value is -3.60. The number of ether oxygens (including phenoxy) is 1. The molecule has 0 spiro atoms. The lowest BCUT2D eigenvalue weighted by molar-refractivity contribution is -0.137. The number of carbonyl (C=O) groups is 2. The van der Waals surface area contributed by atoms with E-state index in [1.165, 1.54) is 25.2 Å². The number of hydrogen-bond donors (Lipinski definition) is 1. The molecule has 3 aromatic rings. The van der Waals surface area contributed by atoms with E-state index < -0.39 is 28.6 Å². The second-order valence-corrected chi connectivity index (χ2v) is 7.35. The number of hydrogen-bond acceptors (Lipinski definition) is 6. The average molecular weight is 483 g/mol. The molecule has 0 aliphatic carbocycles. The predicted octanol–water partition coefficient (Wildman–Crippen LogP) is 4.34. The smallest absolute Gasteiger partial charge is 0.417 e. The van der Waals surface area contributed by atoms with Gasteiger partial charge >= 0.3 is 6.18 Å². The van der Waals surface area contributed by atoms with Crippen molar-refractivity contribution >= 4 is 29.1 Å². The van der Waals surface area contributed by atoms with Gasteiger partial charge in [-0.3, -0.25) is 9.59 Å². The number of nitrogens with one attached hydrogen (secondary N) is 1. The van der Waals surface area contributed by atoms with Crippen LogP contribution in [0.1, 0.15) is 27.6 Å². The molecule has 0 unspecified atom stereocenters. The minimum absolute atomic E-state index is 0.0872. The van der Waals surface area contributed by atoms with Crippen LogP contribution in [0.5, 0.6) is 5.75 Å². The van der Waals surface area contributed by atoms with E-state index in [0.717, 1.165) is 17.0 Å². The molecule has 174 valence electrons. The molecule has 0 aliphatic heterocycles. The van der Waals surface area contributed by atoms with Crippen LogP contribution in [-0.2, 0) is 17.6 Å². The quantitative estimate of drug-likeness (QED) is 0.538. The molecule has 8 nitrogen and oxygen atoms in total. The summed E-state index contributed by atoms with van der Waals surface area (Å²) in [5.41, 5.74) is -0.863. The number of halogens is 4. The fourth-order valence-corrected chi connectivity index (χ4v) is 2.99. The number of anilines is 1. The molecule has 1 heterocycles. The third-order valence-electron chi connectivity index (χ3n) is 4.32. The maximum atomic E-state index is 13.0. The minimum Gasteiger partial charge on any atom is -0.485 e. The first-order valence-electron chi connectivity index (χ1n) is 9.47. The van der Waals surface area contributed by atoms with Gasteiger partial charge in [-0.1, -0.05) is 16.8 Å². The van der Waals surface area contributed by atoms with Gasteiger partial charge in [-0.2, -0.15) is 18.2 Å². The van der Waals surface area contributed by atoms with Crippen molar-refractivity contribution in [3.63, 3.8) is 0 Å². The van der Waals surface area contributed by atoms with Crippen molar-refractivity contribution in [2.45, 2.75) is 19.7 Å². The molecule has 0 aliphatic rings. The van der Waals surface area contributed by atoms with E-state index in [4.69, 9.17) is 20.9 Å². The molecule has 0 bridgehead atoms. The Morgan fingerprint density at radius 3 is 2.48 bits per heavy atom. The predicted molar refractivity (Wildman–Crippen MR) is 112 cm³/mol. The Morgan fingerprint density at radius 1 is 1.18 bits per heavy atom. The molecule has 2 amide bonds. The van der Waals surface area contributed by atoms with Gasteiger partial charge in [0.2, 0.25) is 17.6 Å². The standard InChI is InChI=1S/C21H18ClF3N4O4/c1-12-26-18(28-33-12)11-32-15-6-3-13(4-7-15)20(31)29(2)10-19(30)27-14-5-8-17(22)16(9-14)21(23,24)25/h3-9H,10-11H2,1-2H3,(H,27,30). The maximum Gasteiger partial charge on any atom is 0.417 e. The van der Waals surface area contributed by atoms with E-state index in [1.807, 2.05) is 0 Å².